The molecule has 7 heteroatoms. The Balaban J connectivity index is 1.58. The van der Waals surface area contributed by atoms with Crippen LogP contribution in [0, 0.1) is 5.92 Å². The van der Waals surface area contributed by atoms with E-state index in [0.29, 0.717) is 19.0 Å². The van der Waals surface area contributed by atoms with Crippen molar-refractivity contribution in [3.05, 3.63) is 24.3 Å². The first kappa shape index (κ1) is 14.9. The number of rotatable bonds is 3. The molecule has 2 saturated heterocycles. The third kappa shape index (κ3) is 3.41. The normalized spacial score (nSPS) is 26.2. The quantitative estimate of drug-likeness (QED) is 0.827. The molecule has 0 N–H and O–H groups in total. The maximum atomic E-state index is 11.6. The molecule has 3 rings (SSSR count). The molecule has 21 heavy (non-hydrogen) atoms. The van der Waals surface area contributed by atoms with Crippen LogP contribution >= 0.6 is 0 Å². The Morgan fingerprint density at radius 3 is 2.76 bits per heavy atom. The number of hydrogen-bond donors (Lipinski definition) is 0. The summed E-state index contributed by atoms with van der Waals surface area (Å²) in [5, 5.41) is 0. The van der Waals surface area contributed by atoms with Crippen LogP contribution in [0.25, 0.3) is 0 Å². The van der Waals surface area contributed by atoms with Gasteiger partial charge in [0.1, 0.15) is 0 Å². The first-order chi connectivity index (χ1) is 9.97. The predicted octanol–water partition coefficient (Wildman–Crippen LogP) is 0.850. The Morgan fingerprint density at radius 1 is 1.38 bits per heavy atom. The average Bonchev–Trinajstić information content (AvgIpc) is 2.82. The van der Waals surface area contributed by atoms with Gasteiger partial charge in [-0.25, -0.2) is 12.7 Å². The lowest BCUT2D eigenvalue weighted by Crippen LogP contribution is -2.46. The van der Waals surface area contributed by atoms with Gasteiger partial charge in [-0.15, -0.1) is 0 Å². The van der Waals surface area contributed by atoms with Crippen LogP contribution in [0.3, 0.4) is 0 Å². The molecule has 2 aliphatic heterocycles. The zero-order chi connectivity index (χ0) is 14.9. The van der Waals surface area contributed by atoms with E-state index in [2.05, 4.69) is 9.97 Å². The molecule has 0 aliphatic carbocycles. The molecule has 1 spiro atoms. The summed E-state index contributed by atoms with van der Waals surface area (Å²) in [5.41, 5.74) is 0.866. The van der Waals surface area contributed by atoms with Gasteiger partial charge in [0.25, 0.3) is 0 Å². The molecular formula is C14H21N3O3S. The first-order valence-electron chi connectivity index (χ1n) is 7.31. The number of ether oxygens (including phenoxy) is 1. The maximum absolute atomic E-state index is 11.6. The maximum Gasteiger partial charge on any atom is 0.211 e. The molecule has 0 bridgehead atoms. The van der Waals surface area contributed by atoms with Crippen molar-refractivity contribution in [3.63, 3.8) is 0 Å². The predicted molar refractivity (Wildman–Crippen MR) is 78.2 cm³/mol. The third-order valence-electron chi connectivity index (χ3n) is 4.50. The van der Waals surface area contributed by atoms with Gasteiger partial charge in [0.05, 0.1) is 24.2 Å². The molecular weight excluding hydrogens is 290 g/mol. The van der Waals surface area contributed by atoms with E-state index in [4.69, 9.17) is 4.74 Å². The Kier molecular flexibility index (Phi) is 3.98. The zero-order valence-corrected chi connectivity index (χ0v) is 13.1. The smallest absolute Gasteiger partial charge is 0.211 e. The fraction of sp³-hybridized carbons (Fsp3) is 0.714. The van der Waals surface area contributed by atoms with E-state index in [1.807, 2.05) is 0 Å². The van der Waals surface area contributed by atoms with Crippen molar-refractivity contribution in [1.29, 1.82) is 0 Å². The number of piperidine rings is 1. The Labute approximate surface area is 125 Å². The van der Waals surface area contributed by atoms with Gasteiger partial charge >= 0.3 is 0 Å². The van der Waals surface area contributed by atoms with E-state index < -0.39 is 10.0 Å². The van der Waals surface area contributed by atoms with Gasteiger partial charge in [0, 0.05) is 31.7 Å². The van der Waals surface area contributed by atoms with E-state index in [-0.39, 0.29) is 5.60 Å². The van der Waals surface area contributed by atoms with E-state index >= 15 is 0 Å². The molecule has 0 saturated carbocycles. The molecule has 116 valence electrons. The molecule has 0 unspecified atom stereocenters. The highest BCUT2D eigenvalue weighted by atomic mass is 32.2. The van der Waals surface area contributed by atoms with Crippen molar-refractivity contribution >= 4 is 10.0 Å². The lowest BCUT2D eigenvalue weighted by atomic mass is 9.85. The minimum atomic E-state index is -3.07. The van der Waals surface area contributed by atoms with Crippen LogP contribution in [0.5, 0.6) is 0 Å². The monoisotopic (exact) mass is 311 g/mol. The number of hydrogen-bond acceptors (Lipinski definition) is 5. The van der Waals surface area contributed by atoms with Crippen LogP contribution in [0.4, 0.5) is 0 Å². The van der Waals surface area contributed by atoms with Gasteiger partial charge in [-0.2, -0.15) is 0 Å². The lowest BCUT2D eigenvalue weighted by Gasteiger charge is -2.37. The molecule has 1 aromatic rings. The van der Waals surface area contributed by atoms with E-state index in [1.165, 1.54) is 6.26 Å². The zero-order valence-electron chi connectivity index (χ0n) is 12.2. The summed E-state index contributed by atoms with van der Waals surface area (Å²) in [6.07, 6.45) is 9.91. The van der Waals surface area contributed by atoms with Crippen molar-refractivity contribution in [1.82, 2.24) is 14.3 Å². The van der Waals surface area contributed by atoms with Gasteiger partial charge in [0.2, 0.25) is 10.0 Å². The van der Waals surface area contributed by atoms with Gasteiger partial charge in [-0.3, -0.25) is 9.97 Å². The number of nitrogens with zero attached hydrogens (tertiary/aromatic N) is 3. The van der Waals surface area contributed by atoms with Crippen molar-refractivity contribution in [2.45, 2.75) is 31.3 Å². The second kappa shape index (κ2) is 5.62. The molecule has 3 heterocycles. The van der Waals surface area contributed by atoms with E-state index in [0.717, 1.165) is 38.0 Å². The highest BCUT2D eigenvalue weighted by molar-refractivity contribution is 7.88. The van der Waals surface area contributed by atoms with Crippen molar-refractivity contribution < 1.29 is 13.2 Å². The second-order valence-corrected chi connectivity index (χ2v) is 8.11. The van der Waals surface area contributed by atoms with Crippen LogP contribution in [0.1, 0.15) is 25.0 Å². The third-order valence-corrected chi connectivity index (χ3v) is 5.81. The number of sulfonamides is 1. The van der Waals surface area contributed by atoms with E-state index in [1.54, 1.807) is 22.9 Å². The number of aromatic nitrogens is 2. The van der Waals surface area contributed by atoms with Crippen molar-refractivity contribution in [2.24, 2.45) is 5.92 Å². The Hall–Kier alpha value is -1.05. The summed E-state index contributed by atoms with van der Waals surface area (Å²) in [6, 6.07) is 0. The molecule has 2 fully saturated rings. The Morgan fingerprint density at radius 2 is 2.14 bits per heavy atom. The second-order valence-electron chi connectivity index (χ2n) is 6.13. The highest BCUT2D eigenvalue weighted by Gasteiger charge is 2.43. The highest BCUT2D eigenvalue weighted by Crippen LogP contribution is 2.39. The van der Waals surface area contributed by atoms with Crippen LogP contribution in [-0.4, -0.2) is 54.2 Å². The van der Waals surface area contributed by atoms with Crippen molar-refractivity contribution in [3.8, 4) is 0 Å². The Bertz CT molecular complexity index is 583. The largest absolute Gasteiger partial charge is 0.375 e. The standard InChI is InChI=1S/C14H21N3O3S/c1-21(18,19)17-6-2-14(3-7-17)9-12(11-20-14)8-13-10-15-4-5-16-13/h4-5,10,12H,2-3,6-9,11H2,1H3/t12-/m0/s1. The lowest BCUT2D eigenvalue weighted by molar-refractivity contribution is -0.0313. The van der Waals surface area contributed by atoms with Crippen LogP contribution in [-0.2, 0) is 21.2 Å². The minimum Gasteiger partial charge on any atom is -0.375 e. The summed E-state index contributed by atoms with van der Waals surface area (Å²) in [7, 11) is -3.07. The molecule has 2 aliphatic rings. The molecule has 0 radical (unpaired) electrons. The molecule has 0 aromatic carbocycles. The van der Waals surface area contributed by atoms with Crippen molar-refractivity contribution in [2.75, 3.05) is 26.0 Å². The van der Waals surface area contributed by atoms with E-state index in [9.17, 15) is 8.42 Å². The first-order valence-corrected chi connectivity index (χ1v) is 9.16. The van der Waals surface area contributed by atoms with Gasteiger partial charge in [-0.1, -0.05) is 0 Å². The van der Waals surface area contributed by atoms with Crippen LogP contribution < -0.4 is 0 Å². The summed E-state index contributed by atoms with van der Waals surface area (Å²) in [6.45, 7) is 1.86. The molecule has 0 amide bonds. The van der Waals surface area contributed by atoms with Gasteiger partial charge in [-0.05, 0) is 31.6 Å². The summed E-state index contributed by atoms with van der Waals surface area (Å²) < 4.78 is 30.7. The molecule has 1 atom stereocenters. The average molecular weight is 311 g/mol. The van der Waals surface area contributed by atoms with Crippen LogP contribution in [0.2, 0.25) is 0 Å². The fourth-order valence-electron chi connectivity index (χ4n) is 3.37. The molecule has 1 aromatic heterocycles. The van der Waals surface area contributed by atoms with Crippen LogP contribution in [0.15, 0.2) is 18.6 Å². The fourth-order valence-corrected chi connectivity index (χ4v) is 4.22. The summed E-state index contributed by atoms with van der Waals surface area (Å²) in [5.74, 6) is 0.450. The minimum absolute atomic E-state index is 0.131. The topological polar surface area (TPSA) is 72.4 Å². The summed E-state index contributed by atoms with van der Waals surface area (Å²) in [4.78, 5) is 8.41. The SMILES string of the molecule is CS(=O)(=O)N1CCC2(CC1)C[C@H](Cc1cnccn1)CO2. The summed E-state index contributed by atoms with van der Waals surface area (Å²) >= 11 is 0. The van der Waals surface area contributed by atoms with Gasteiger partial charge in [0.15, 0.2) is 0 Å². The van der Waals surface area contributed by atoms with Gasteiger partial charge < -0.3 is 4.74 Å². The molecule has 6 nitrogen and oxygen atoms in total.